The van der Waals surface area contributed by atoms with E-state index >= 15 is 0 Å². The van der Waals surface area contributed by atoms with E-state index in [0.29, 0.717) is 9.90 Å². The third kappa shape index (κ3) is 3.13. The fraction of sp³-hybridized carbons (Fsp3) is 0.231. The van der Waals surface area contributed by atoms with Crippen LogP contribution in [-0.4, -0.2) is 7.05 Å². The van der Waals surface area contributed by atoms with E-state index in [4.69, 9.17) is 11.6 Å². The van der Waals surface area contributed by atoms with Gasteiger partial charge in [0.2, 0.25) is 0 Å². The molecule has 0 aliphatic carbocycles. The maximum atomic E-state index is 13.3. The molecule has 0 saturated carbocycles. The van der Waals surface area contributed by atoms with Gasteiger partial charge >= 0.3 is 6.18 Å². The SMILES string of the molecule is CNC(c1ccc(F)c(C(F)(F)F)c1)c1ccc(Cl)s1. The fourth-order valence-corrected chi connectivity index (χ4v) is 3.10. The van der Waals surface area contributed by atoms with Gasteiger partial charge in [0.1, 0.15) is 5.82 Å². The molecule has 1 heterocycles. The summed E-state index contributed by atoms with van der Waals surface area (Å²) in [5, 5.41) is 2.91. The Morgan fingerprint density at radius 1 is 1.20 bits per heavy atom. The summed E-state index contributed by atoms with van der Waals surface area (Å²) in [5.41, 5.74) is -0.933. The van der Waals surface area contributed by atoms with Crippen LogP contribution in [0.3, 0.4) is 0 Å². The van der Waals surface area contributed by atoms with Gasteiger partial charge in [-0.1, -0.05) is 17.7 Å². The second kappa shape index (κ2) is 5.71. The summed E-state index contributed by atoms with van der Waals surface area (Å²) in [7, 11) is 1.62. The second-order valence-corrected chi connectivity index (χ2v) is 5.85. The molecule has 7 heteroatoms. The molecule has 1 aromatic carbocycles. The maximum absolute atomic E-state index is 13.3. The molecule has 0 radical (unpaired) electrons. The fourth-order valence-electron chi connectivity index (χ4n) is 1.90. The van der Waals surface area contributed by atoms with Crippen LogP contribution >= 0.6 is 22.9 Å². The van der Waals surface area contributed by atoms with Crippen LogP contribution in [-0.2, 0) is 6.18 Å². The Labute approximate surface area is 122 Å². The third-order valence-electron chi connectivity index (χ3n) is 2.80. The molecule has 0 aliphatic rings. The van der Waals surface area contributed by atoms with Gasteiger partial charge in [0, 0.05) is 4.88 Å². The van der Waals surface area contributed by atoms with Gasteiger partial charge in [-0.25, -0.2) is 4.39 Å². The van der Waals surface area contributed by atoms with E-state index in [1.807, 2.05) is 0 Å². The van der Waals surface area contributed by atoms with Crippen molar-refractivity contribution in [2.45, 2.75) is 12.2 Å². The van der Waals surface area contributed by atoms with E-state index in [2.05, 4.69) is 5.32 Å². The average molecular weight is 324 g/mol. The molecular formula is C13H10ClF4NS. The molecule has 0 saturated heterocycles. The minimum absolute atomic E-state index is 0.333. The van der Waals surface area contributed by atoms with Crippen LogP contribution in [0.25, 0.3) is 0 Å². The van der Waals surface area contributed by atoms with Crippen LogP contribution in [0, 0.1) is 5.82 Å². The summed E-state index contributed by atoms with van der Waals surface area (Å²) < 4.78 is 52.0. The molecule has 0 fully saturated rings. The summed E-state index contributed by atoms with van der Waals surface area (Å²) in [6, 6.07) is 5.92. The van der Waals surface area contributed by atoms with E-state index in [1.165, 1.54) is 17.4 Å². The van der Waals surface area contributed by atoms with Crippen LogP contribution in [0.2, 0.25) is 4.34 Å². The molecule has 1 nitrogen and oxygen atoms in total. The largest absolute Gasteiger partial charge is 0.419 e. The van der Waals surface area contributed by atoms with Crippen molar-refractivity contribution in [1.29, 1.82) is 0 Å². The van der Waals surface area contributed by atoms with E-state index in [0.717, 1.165) is 17.0 Å². The Morgan fingerprint density at radius 3 is 2.40 bits per heavy atom. The molecule has 2 rings (SSSR count). The monoisotopic (exact) mass is 323 g/mol. The number of benzene rings is 1. The van der Waals surface area contributed by atoms with E-state index in [1.54, 1.807) is 19.2 Å². The summed E-state index contributed by atoms with van der Waals surface area (Å²) in [4.78, 5) is 0.761. The highest BCUT2D eigenvalue weighted by Crippen LogP contribution is 2.36. The van der Waals surface area contributed by atoms with Crippen molar-refractivity contribution >= 4 is 22.9 Å². The molecule has 2 aromatic rings. The molecule has 20 heavy (non-hydrogen) atoms. The number of thiophene rings is 1. The molecule has 0 aliphatic heterocycles. The van der Waals surface area contributed by atoms with Crippen LogP contribution in [0.1, 0.15) is 22.0 Å². The molecule has 0 amide bonds. The van der Waals surface area contributed by atoms with Crippen molar-refractivity contribution < 1.29 is 17.6 Å². The lowest BCUT2D eigenvalue weighted by atomic mass is 10.0. The Balaban J connectivity index is 2.46. The first kappa shape index (κ1) is 15.3. The highest BCUT2D eigenvalue weighted by atomic mass is 35.5. The number of rotatable bonds is 3. The number of hydrogen-bond acceptors (Lipinski definition) is 2. The summed E-state index contributed by atoms with van der Waals surface area (Å²) in [6.45, 7) is 0. The summed E-state index contributed by atoms with van der Waals surface area (Å²) in [6.07, 6.45) is -4.72. The number of halogens is 5. The molecule has 0 bridgehead atoms. The molecule has 0 spiro atoms. The van der Waals surface area contributed by atoms with Crippen molar-refractivity contribution in [3.05, 3.63) is 56.5 Å². The van der Waals surface area contributed by atoms with Crippen molar-refractivity contribution in [2.75, 3.05) is 7.05 Å². The van der Waals surface area contributed by atoms with Crippen LogP contribution in [0.15, 0.2) is 30.3 Å². The Bertz CT molecular complexity index is 609. The normalized spacial score (nSPS) is 13.5. The first-order valence-electron chi connectivity index (χ1n) is 5.62. The van der Waals surface area contributed by atoms with Crippen molar-refractivity contribution in [1.82, 2.24) is 5.32 Å². The summed E-state index contributed by atoms with van der Waals surface area (Å²) >= 11 is 7.09. The molecule has 1 atom stereocenters. The predicted molar refractivity (Wildman–Crippen MR) is 71.6 cm³/mol. The lowest BCUT2D eigenvalue weighted by Gasteiger charge is -2.17. The van der Waals surface area contributed by atoms with Gasteiger partial charge in [-0.05, 0) is 36.9 Å². The molecule has 1 N–H and O–H groups in total. The molecule has 1 aromatic heterocycles. The number of hydrogen-bond donors (Lipinski definition) is 1. The standard InChI is InChI=1S/C13H10ClF4NS/c1-19-12(10-4-5-11(14)20-10)7-2-3-9(15)8(6-7)13(16,17)18/h2-6,12,19H,1H3. The van der Waals surface area contributed by atoms with Crippen molar-refractivity contribution in [3.63, 3.8) is 0 Å². The highest BCUT2D eigenvalue weighted by molar-refractivity contribution is 7.16. The maximum Gasteiger partial charge on any atom is 0.419 e. The number of nitrogens with one attached hydrogen (secondary N) is 1. The van der Waals surface area contributed by atoms with Gasteiger partial charge in [-0.15, -0.1) is 11.3 Å². The lowest BCUT2D eigenvalue weighted by molar-refractivity contribution is -0.140. The molecular weight excluding hydrogens is 314 g/mol. The van der Waals surface area contributed by atoms with Crippen molar-refractivity contribution in [3.8, 4) is 0 Å². The minimum Gasteiger partial charge on any atom is -0.309 e. The zero-order chi connectivity index (χ0) is 14.9. The van der Waals surface area contributed by atoms with Gasteiger partial charge in [0.25, 0.3) is 0 Å². The quantitative estimate of drug-likeness (QED) is 0.795. The van der Waals surface area contributed by atoms with Gasteiger partial charge in [0.15, 0.2) is 0 Å². The van der Waals surface area contributed by atoms with Gasteiger partial charge in [-0.3, -0.25) is 0 Å². The lowest BCUT2D eigenvalue weighted by Crippen LogP contribution is -2.18. The van der Waals surface area contributed by atoms with E-state index in [-0.39, 0.29) is 0 Å². The predicted octanol–water partition coefficient (Wildman–Crippen LogP) is 4.87. The topological polar surface area (TPSA) is 12.0 Å². The van der Waals surface area contributed by atoms with E-state index in [9.17, 15) is 17.6 Å². The molecule has 1 unspecified atom stereocenters. The smallest absolute Gasteiger partial charge is 0.309 e. The van der Waals surface area contributed by atoms with Gasteiger partial charge in [-0.2, -0.15) is 13.2 Å². The minimum atomic E-state index is -4.72. The Hall–Kier alpha value is -1.11. The zero-order valence-corrected chi connectivity index (χ0v) is 11.8. The second-order valence-electron chi connectivity index (χ2n) is 4.10. The van der Waals surface area contributed by atoms with Crippen molar-refractivity contribution in [2.24, 2.45) is 0 Å². The highest BCUT2D eigenvalue weighted by Gasteiger charge is 2.34. The first-order valence-corrected chi connectivity index (χ1v) is 6.81. The Kier molecular flexibility index (Phi) is 4.36. The Morgan fingerprint density at radius 2 is 1.90 bits per heavy atom. The van der Waals surface area contributed by atoms with Crippen LogP contribution < -0.4 is 5.32 Å². The zero-order valence-electron chi connectivity index (χ0n) is 10.3. The third-order valence-corrected chi connectivity index (χ3v) is 4.09. The first-order chi connectivity index (χ1) is 9.32. The summed E-state index contributed by atoms with van der Waals surface area (Å²) in [5.74, 6) is -1.28. The average Bonchev–Trinajstić information content (AvgIpc) is 2.77. The van der Waals surface area contributed by atoms with Gasteiger partial charge < -0.3 is 5.32 Å². The van der Waals surface area contributed by atoms with Crippen LogP contribution in [0.5, 0.6) is 0 Å². The number of alkyl halides is 3. The van der Waals surface area contributed by atoms with Gasteiger partial charge in [0.05, 0.1) is 15.9 Å². The van der Waals surface area contributed by atoms with Crippen LogP contribution in [0.4, 0.5) is 17.6 Å². The molecule has 108 valence electrons. The van der Waals surface area contributed by atoms with E-state index < -0.39 is 23.6 Å².